The molecule has 3 rings (SSSR count). The number of carbonyl (C=O) groups is 1. The summed E-state index contributed by atoms with van der Waals surface area (Å²) in [6, 6.07) is 19.3. The van der Waals surface area contributed by atoms with Gasteiger partial charge in [-0.1, -0.05) is 48.2 Å². The molecule has 0 atom stereocenters. The Labute approximate surface area is 116 Å². The SMILES string of the molecule is O=C1CS/C(=N\c2ccccc2)N1c1ccccc1. The highest BCUT2D eigenvalue weighted by Gasteiger charge is 2.29. The van der Waals surface area contributed by atoms with E-state index in [4.69, 9.17) is 0 Å². The molecular weight excluding hydrogens is 256 g/mol. The first-order valence-corrected chi connectivity index (χ1v) is 6.98. The van der Waals surface area contributed by atoms with Crippen LogP contribution in [-0.4, -0.2) is 16.8 Å². The normalized spacial score (nSPS) is 17.2. The zero-order valence-electron chi connectivity index (χ0n) is 10.2. The van der Waals surface area contributed by atoms with Crippen molar-refractivity contribution in [1.82, 2.24) is 0 Å². The molecule has 0 unspecified atom stereocenters. The van der Waals surface area contributed by atoms with Gasteiger partial charge in [-0.2, -0.15) is 0 Å². The molecule has 19 heavy (non-hydrogen) atoms. The van der Waals surface area contributed by atoms with Gasteiger partial charge in [-0.05, 0) is 24.3 Å². The van der Waals surface area contributed by atoms with Gasteiger partial charge in [0.2, 0.25) is 5.91 Å². The van der Waals surface area contributed by atoms with Crippen molar-refractivity contribution in [2.75, 3.05) is 10.7 Å². The highest BCUT2D eigenvalue weighted by Crippen LogP contribution is 2.28. The van der Waals surface area contributed by atoms with Gasteiger partial charge in [0, 0.05) is 0 Å². The van der Waals surface area contributed by atoms with E-state index in [2.05, 4.69) is 4.99 Å². The maximum Gasteiger partial charge on any atom is 0.243 e. The van der Waals surface area contributed by atoms with Crippen LogP contribution in [0, 0.1) is 0 Å². The number of amidine groups is 1. The number of anilines is 1. The van der Waals surface area contributed by atoms with Crippen molar-refractivity contribution in [2.45, 2.75) is 0 Å². The number of nitrogens with zero attached hydrogens (tertiary/aromatic N) is 2. The van der Waals surface area contributed by atoms with Gasteiger partial charge in [0.1, 0.15) is 0 Å². The fourth-order valence-electron chi connectivity index (χ4n) is 1.89. The summed E-state index contributed by atoms with van der Waals surface area (Å²) in [5.74, 6) is 0.520. The highest BCUT2D eigenvalue weighted by molar-refractivity contribution is 8.15. The van der Waals surface area contributed by atoms with Crippen molar-refractivity contribution in [3.63, 3.8) is 0 Å². The van der Waals surface area contributed by atoms with E-state index >= 15 is 0 Å². The molecular formula is C15H12N2OS. The summed E-state index contributed by atoms with van der Waals surface area (Å²) >= 11 is 1.47. The number of carbonyl (C=O) groups excluding carboxylic acids is 1. The van der Waals surface area contributed by atoms with E-state index in [0.29, 0.717) is 5.75 Å². The quantitative estimate of drug-likeness (QED) is 0.835. The van der Waals surface area contributed by atoms with Crippen molar-refractivity contribution >= 4 is 34.2 Å². The average molecular weight is 268 g/mol. The summed E-state index contributed by atoms with van der Waals surface area (Å²) in [5, 5.41) is 0.738. The summed E-state index contributed by atoms with van der Waals surface area (Å²) in [6.07, 6.45) is 0. The zero-order chi connectivity index (χ0) is 13.1. The molecule has 94 valence electrons. The number of para-hydroxylation sites is 2. The van der Waals surface area contributed by atoms with Crippen LogP contribution in [0.3, 0.4) is 0 Å². The third-order valence-corrected chi connectivity index (χ3v) is 3.68. The second kappa shape index (κ2) is 5.28. The number of aliphatic imine (C=N–C) groups is 1. The predicted molar refractivity (Wildman–Crippen MR) is 79.9 cm³/mol. The van der Waals surface area contributed by atoms with Crippen LogP contribution >= 0.6 is 11.8 Å². The van der Waals surface area contributed by atoms with Crippen LogP contribution in [0.2, 0.25) is 0 Å². The van der Waals surface area contributed by atoms with E-state index in [1.807, 2.05) is 60.7 Å². The van der Waals surface area contributed by atoms with Gasteiger partial charge in [0.05, 0.1) is 17.1 Å². The van der Waals surface area contributed by atoms with Crippen LogP contribution in [-0.2, 0) is 4.79 Å². The lowest BCUT2D eigenvalue weighted by atomic mass is 10.3. The summed E-state index contributed by atoms with van der Waals surface area (Å²) in [7, 11) is 0. The molecule has 0 N–H and O–H groups in total. The van der Waals surface area contributed by atoms with Crippen LogP contribution < -0.4 is 4.90 Å². The van der Waals surface area contributed by atoms with Gasteiger partial charge in [0.15, 0.2) is 5.17 Å². The molecule has 0 radical (unpaired) electrons. The molecule has 1 fully saturated rings. The second-order valence-corrected chi connectivity index (χ2v) is 5.03. The Hall–Kier alpha value is -2.07. The maximum atomic E-state index is 12.0. The van der Waals surface area contributed by atoms with E-state index in [1.165, 1.54) is 11.8 Å². The molecule has 2 aromatic carbocycles. The molecule has 0 aromatic heterocycles. The average Bonchev–Trinajstić information content (AvgIpc) is 2.82. The fourth-order valence-corrected chi connectivity index (χ4v) is 2.78. The summed E-state index contributed by atoms with van der Waals surface area (Å²) in [6.45, 7) is 0. The third-order valence-electron chi connectivity index (χ3n) is 2.76. The smallest absolute Gasteiger partial charge is 0.243 e. The van der Waals surface area contributed by atoms with Crippen molar-refractivity contribution in [2.24, 2.45) is 4.99 Å². The van der Waals surface area contributed by atoms with Gasteiger partial charge in [-0.3, -0.25) is 9.69 Å². The molecule has 1 amide bonds. The number of hydrogen-bond donors (Lipinski definition) is 0. The monoisotopic (exact) mass is 268 g/mol. The van der Waals surface area contributed by atoms with E-state index in [1.54, 1.807) is 4.90 Å². The minimum Gasteiger partial charge on any atom is -0.273 e. The molecule has 2 aromatic rings. The lowest BCUT2D eigenvalue weighted by Gasteiger charge is -2.15. The molecule has 0 bridgehead atoms. The lowest BCUT2D eigenvalue weighted by molar-refractivity contribution is -0.115. The Kier molecular flexibility index (Phi) is 3.33. The Morgan fingerprint density at radius 3 is 2.26 bits per heavy atom. The first-order chi connectivity index (χ1) is 9.34. The molecule has 1 heterocycles. The molecule has 0 saturated carbocycles. The Morgan fingerprint density at radius 1 is 0.947 bits per heavy atom. The van der Waals surface area contributed by atoms with E-state index < -0.39 is 0 Å². The molecule has 0 aliphatic carbocycles. The Morgan fingerprint density at radius 2 is 1.58 bits per heavy atom. The number of rotatable bonds is 2. The van der Waals surface area contributed by atoms with Crippen LogP contribution in [0.4, 0.5) is 11.4 Å². The van der Waals surface area contributed by atoms with Crippen LogP contribution in [0.15, 0.2) is 65.7 Å². The van der Waals surface area contributed by atoms with E-state index in [9.17, 15) is 4.79 Å². The number of hydrogen-bond acceptors (Lipinski definition) is 3. The first kappa shape index (κ1) is 12.0. The molecule has 3 nitrogen and oxygen atoms in total. The van der Waals surface area contributed by atoms with E-state index in [-0.39, 0.29) is 5.91 Å². The number of thioether (sulfide) groups is 1. The largest absolute Gasteiger partial charge is 0.273 e. The van der Waals surface area contributed by atoms with Crippen molar-refractivity contribution in [1.29, 1.82) is 0 Å². The Balaban J connectivity index is 1.98. The van der Waals surface area contributed by atoms with Gasteiger partial charge in [-0.25, -0.2) is 4.99 Å². The third kappa shape index (κ3) is 2.53. The van der Waals surface area contributed by atoms with Crippen molar-refractivity contribution < 1.29 is 4.79 Å². The van der Waals surface area contributed by atoms with Crippen molar-refractivity contribution in [3.8, 4) is 0 Å². The second-order valence-electron chi connectivity index (χ2n) is 4.08. The van der Waals surface area contributed by atoms with Crippen LogP contribution in [0.5, 0.6) is 0 Å². The van der Waals surface area contributed by atoms with Gasteiger partial charge in [-0.15, -0.1) is 0 Å². The van der Waals surface area contributed by atoms with Gasteiger partial charge >= 0.3 is 0 Å². The van der Waals surface area contributed by atoms with Crippen molar-refractivity contribution in [3.05, 3.63) is 60.7 Å². The lowest BCUT2D eigenvalue weighted by Crippen LogP contribution is -2.28. The zero-order valence-corrected chi connectivity index (χ0v) is 11.0. The summed E-state index contributed by atoms with van der Waals surface area (Å²) in [4.78, 5) is 18.2. The molecule has 1 aliphatic rings. The number of benzene rings is 2. The highest BCUT2D eigenvalue weighted by atomic mass is 32.2. The molecule has 1 aliphatic heterocycles. The summed E-state index contributed by atoms with van der Waals surface area (Å²) in [5.41, 5.74) is 1.73. The molecule has 1 saturated heterocycles. The topological polar surface area (TPSA) is 32.7 Å². The predicted octanol–water partition coefficient (Wildman–Crippen LogP) is 3.45. The summed E-state index contributed by atoms with van der Waals surface area (Å²) < 4.78 is 0. The molecule has 4 heteroatoms. The molecule has 0 spiro atoms. The minimum absolute atomic E-state index is 0.0749. The number of amides is 1. The first-order valence-electron chi connectivity index (χ1n) is 5.99. The van der Waals surface area contributed by atoms with E-state index in [0.717, 1.165) is 16.5 Å². The fraction of sp³-hybridized carbons (Fsp3) is 0.0667. The van der Waals surface area contributed by atoms with Crippen LogP contribution in [0.25, 0.3) is 0 Å². The van der Waals surface area contributed by atoms with Gasteiger partial charge < -0.3 is 0 Å². The minimum atomic E-state index is 0.0749. The van der Waals surface area contributed by atoms with Gasteiger partial charge in [0.25, 0.3) is 0 Å². The standard InChI is InChI=1S/C15H12N2OS/c18-14-11-19-15(16-12-7-3-1-4-8-12)17(14)13-9-5-2-6-10-13/h1-10H,11H2/b16-15-. The van der Waals surface area contributed by atoms with Crippen LogP contribution in [0.1, 0.15) is 0 Å². The Bertz CT molecular complexity index is 611. The maximum absolute atomic E-state index is 12.0.